The van der Waals surface area contributed by atoms with Crippen LogP contribution < -0.4 is 5.32 Å². The zero-order chi connectivity index (χ0) is 17.3. The highest BCUT2D eigenvalue weighted by molar-refractivity contribution is 5.92. The Hall–Kier alpha value is -3.04. The zero-order valence-electron chi connectivity index (χ0n) is 12.9. The molecule has 0 unspecified atom stereocenters. The van der Waals surface area contributed by atoms with E-state index in [1.54, 1.807) is 15.5 Å². The molecule has 2 saturated heterocycles. The van der Waals surface area contributed by atoms with Crippen LogP contribution in [0.3, 0.4) is 0 Å². The van der Waals surface area contributed by atoms with Gasteiger partial charge in [0.25, 0.3) is 18.2 Å². The molecule has 2 aromatic rings. The van der Waals surface area contributed by atoms with Gasteiger partial charge < -0.3 is 15.3 Å². The van der Waals surface area contributed by atoms with Crippen LogP contribution in [0.5, 0.6) is 0 Å². The first-order chi connectivity index (χ1) is 11.5. The molecule has 0 spiro atoms. The van der Waals surface area contributed by atoms with Gasteiger partial charge >= 0.3 is 0 Å². The van der Waals surface area contributed by atoms with E-state index in [1.807, 2.05) is 13.0 Å². The van der Waals surface area contributed by atoms with Crippen LogP contribution in [-0.4, -0.2) is 67.0 Å². The van der Waals surface area contributed by atoms with Gasteiger partial charge in [-0.1, -0.05) is 0 Å². The van der Waals surface area contributed by atoms with E-state index in [0.717, 1.165) is 5.69 Å². The lowest BCUT2D eigenvalue weighted by molar-refractivity contribution is -0.123. The number of likely N-dealkylation sites (tertiary alicyclic amines) is 1. The molecule has 2 atom stereocenters. The molecule has 2 aliphatic heterocycles. The predicted octanol–water partition coefficient (Wildman–Crippen LogP) is -0.906. The van der Waals surface area contributed by atoms with Gasteiger partial charge in [-0.25, -0.2) is 4.98 Å². The summed E-state index contributed by atoms with van der Waals surface area (Å²) in [6.45, 7) is 2.72. The minimum atomic E-state index is -0.250. The van der Waals surface area contributed by atoms with E-state index in [0.29, 0.717) is 25.3 Å². The molecular weight excluding hydrogens is 316 g/mol. The molecule has 10 nitrogen and oxygen atoms in total. The maximum atomic E-state index is 12.6. The summed E-state index contributed by atoms with van der Waals surface area (Å²) in [6, 6.07) is 1.88. The molecule has 24 heavy (non-hydrogen) atoms. The molecule has 0 aliphatic carbocycles. The minimum Gasteiger partial charge on any atom is -0.483 e. The number of nitrogens with one attached hydrogen (secondary N) is 1. The predicted molar refractivity (Wildman–Crippen MR) is 80.2 cm³/mol. The van der Waals surface area contributed by atoms with Gasteiger partial charge in [0, 0.05) is 37.3 Å². The van der Waals surface area contributed by atoms with Crippen molar-refractivity contribution >= 4 is 24.1 Å². The van der Waals surface area contributed by atoms with Crippen molar-refractivity contribution in [2.75, 3.05) is 13.1 Å². The Morgan fingerprint density at radius 2 is 2.17 bits per heavy atom. The van der Waals surface area contributed by atoms with E-state index >= 15 is 0 Å². The highest BCUT2D eigenvalue weighted by atomic mass is 16.3. The SMILES string of the molecule is Cc1ccn2c(C(=O)N3C[C@@H]4CC(=O)N[C@@H]4C3)nnc2n1.O=CO. The number of nitrogens with zero attached hydrogens (tertiary/aromatic N) is 5. The summed E-state index contributed by atoms with van der Waals surface area (Å²) in [5.41, 5.74) is 0.826. The Labute approximate surface area is 136 Å². The van der Waals surface area contributed by atoms with Crippen molar-refractivity contribution in [2.45, 2.75) is 19.4 Å². The van der Waals surface area contributed by atoms with Crippen molar-refractivity contribution in [3.63, 3.8) is 0 Å². The number of amides is 2. The molecule has 126 valence electrons. The van der Waals surface area contributed by atoms with Crippen LogP contribution in [0.25, 0.3) is 5.78 Å². The first-order valence-electron chi connectivity index (χ1n) is 7.38. The third kappa shape index (κ3) is 2.77. The van der Waals surface area contributed by atoms with Crippen molar-refractivity contribution in [3.8, 4) is 0 Å². The fourth-order valence-corrected chi connectivity index (χ4v) is 3.07. The van der Waals surface area contributed by atoms with Crippen molar-refractivity contribution in [2.24, 2.45) is 5.92 Å². The number of aromatic nitrogens is 4. The van der Waals surface area contributed by atoms with Crippen LogP contribution in [-0.2, 0) is 9.59 Å². The van der Waals surface area contributed by atoms with Crippen LogP contribution in [0.15, 0.2) is 12.3 Å². The second-order valence-electron chi connectivity index (χ2n) is 5.72. The van der Waals surface area contributed by atoms with Crippen LogP contribution in [0.1, 0.15) is 22.7 Å². The third-order valence-electron chi connectivity index (χ3n) is 4.13. The lowest BCUT2D eigenvalue weighted by Gasteiger charge is -2.15. The van der Waals surface area contributed by atoms with Crippen molar-refractivity contribution in [1.29, 1.82) is 0 Å². The Bertz CT molecular complexity index is 788. The van der Waals surface area contributed by atoms with Gasteiger partial charge in [-0.05, 0) is 13.0 Å². The molecule has 0 bridgehead atoms. The zero-order valence-corrected chi connectivity index (χ0v) is 12.9. The number of carboxylic acid groups (broad SMARTS) is 1. The number of hydrogen-bond donors (Lipinski definition) is 2. The largest absolute Gasteiger partial charge is 0.483 e. The Balaban J connectivity index is 0.000000526. The van der Waals surface area contributed by atoms with Crippen molar-refractivity contribution in [1.82, 2.24) is 29.8 Å². The second kappa shape index (κ2) is 6.22. The summed E-state index contributed by atoms with van der Waals surface area (Å²) in [7, 11) is 0. The molecule has 2 fully saturated rings. The van der Waals surface area contributed by atoms with Gasteiger partial charge in [0.05, 0.1) is 6.04 Å². The van der Waals surface area contributed by atoms with E-state index < -0.39 is 0 Å². The summed E-state index contributed by atoms with van der Waals surface area (Å²) in [6.07, 6.45) is 2.25. The van der Waals surface area contributed by atoms with E-state index in [9.17, 15) is 9.59 Å². The fraction of sp³-hybridized carbons (Fsp3) is 0.429. The van der Waals surface area contributed by atoms with Gasteiger partial charge in [0.1, 0.15) is 0 Å². The van der Waals surface area contributed by atoms with E-state index in [1.165, 1.54) is 0 Å². The topological polar surface area (TPSA) is 130 Å². The van der Waals surface area contributed by atoms with E-state index in [2.05, 4.69) is 20.5 Å². The lowest BCUT2D eigenvalue weighted by atomic mass is 10.1. The van der Waals surface area contributed by atoms with Crippen LogP contribution in [0.2, 0.25) is 0 Å². The lowest BCUT2D eigenvalue weighted by Crippen LogP contribution is -2.36. The molecule has 2 aromatic heterocycles. The van der Waals surface area contributed by atoms with E-state index in [4.69, 9.17) is 9.90 Å². The first-order valence-corrected chi connectivity index (χ1v) is 7.38. The van der Waals surface area contributed by atoms with Gasteiger partial charge in [0.2, 0.25) is 11.7 Å². The number of rotatable bonds is 1. The average molecular weight is 332 g/mol. The molecule has 0 saturated carbocycles. The highest BCUT2D eigenvalue weighted by Crippen LogP contribution is 2.26. The van der Waals surface area contributed by atoms with Gasteiger partial charge in [-0.3, -0.25) is 18.8 Å². The number of carbonyl (C=O) groups is 3. The number of hydrogen-bond acceptors (Lipinski definition) is 6. The summed E-state index contributed by atoms with van der Waals surface area (Å²) < 4.78 is 1.60. The maximum Gasteiger partial charge on any atom is 0.292 e. The molecule has 0 aromatic carbocycles. The van der Waals surface area contributed by atoms with Gasteiger partial charge in [-0.15, -0.1) is 10.2 Å². The van der Waals surface area contributed by atoms with E-state index in [-0.39, 0.29) is 36.1 Å². The van der Waals surface area contributed by atoms with Crippen molar-refractivity contribution < 1.29 is 19.5 Å². The molecule has 2 aliphatic rings. The number of fused-ring (bicyclic) bond motifs is 2. The normalized spacial score (nSPS) is 21.9. The average Bonchev–Trinajstić information content (AvgIpc) is 3.19. The maximum absolute atomic E-state index is 12.6. The van der Waals surface area contributed by atoms with Crippen molar-refractivity contribution in [3.05, 3.63) is 23.8 Å². The molecule has 2 amide bonds. The third-order valence-corrected chi connectivity index (χ3v) is 4.13. The summed E-state index contributed by atoms with van der Waals surface area (Å²) >= 11 is 0. The Morgan fingerprint density at radius 1 is 1.42 bits per heavy atom. The molecule has 2 N–H and O–H groups in total. The number of carbonyl (C=O) groups excluding carboxylic acids is 2. The fourth-order valence-electron chi connectivity index (χ4n) is 3.07. The van der Waals surface area contributed by atoms with Crippen LogP contribution in [0, 0.1) is 12.8 Å². The standard InChI is InChI=1S/C13H14N6O2.CH2O2/c1-7-2-3-19-11(16-17-13(19)14-7)12(21)18-5-8-4-10(20)15-9(8)6-18;2-1-3/h2-3,8-9H,4-6H2,1H3,(H,15,20);1H,(H,2,3)/t8-,9+;/m0./s1. The van der Waals surface area contributed by atoms with Crippen LogP contribution >= 0.6 is 0 Å². The smallest absolute Gasteiger partial charge is 0.292 e. The molecule has 10 heteroatoms. The quantitative estimate of drug-likeness (QED) is 0.647. The van der Waals surface area contributed by atoms with Crippen LogP contribution in [0.4, 0.5) is 0 Å². The van der Waals surface area contributed by atoms with Gasteiger partial charge in [-0.2, -0.15) is 0 Å². The summed E-state index contributed by atoms with van der Waals surface area (Å²) in [5, 5.41) is 17.7. The second-order valence-corrected chi connectivity index (χ2v) is 5.72. The molecule has 4 heterocycles. The molecule has 0 radical (unpaired) electrons. The number of aryl methyl sites for hydroxylation is 1. The molecule has 4 rings (SSSR count). The summed E-state index contributed by atoms with van der Waals surface area (Å²) in [4.78, 5) is 38.2. The summed E-state index contributed by atoms with van der Waals surface area (Å²) in [5.74, 6) is 0.803. The Morgan fingerprint density at radius 3 is 2.88 bits per heavy atom. The first kappa shape index (κ1) is 15.8. The van der Waals surface area contributed by atoms with Gasteiger partial charge in [0.15, 0.2) is 0 Å². The monoisotopic (exact) mass is 332 g/mol. The Kier molecular flexibility index (Phi) is 4.11. The minimum absolute atomic E-state index is 0.0704. The highest BCUT2D eigenvalue weighted by Gasteiger charge is 2.42. The molecular formula is C14H16N6O4.